The van der Waals surface area contributed by atoms with Crippen molar-refractivity contribution >= 4 is 23.3 Å². The van der Waals surface area contributed by atoms with Crippen LogP contribution in [0, 0.1) is 0 Å². The van der Waals surface area contributed by atoms with Crippen molar-refractivity contribution in [2.75, 3.05) is 18.9 Å². The van der Waals surface area contributed by atoms with Gasteiger partial charge in [-0.3, -0.25) is 4.79 Å². The lowest BCUT2D eigenvalue weighted by molar-refractivity contribution is -0.120. The van der Waals surface area contributed by atoms with Gasteiger partial charge in [-0.1, -0.05) is 11.6 Å². The van der Waals surface area contributed by atoms with Gasteiger partial charge in [0.25, 0.3) is 0 Å². The summed E-state index contributed by atoms with van der Waals surface area (Å²) in [5.74, 6) is 0.595. The molecule has 14 heavy (non-hydrogen) atoms. The summed E-state index contributed by atoms with van der Waals surface area (Å²) in [7, 11) is 1.60. The Labute approximate surface area is 86.9 Å². The van der Waals surface area contributed by atoms with E-state index in [0.29, 0.717) is 23.9 Å². The number of amides is 1. The van der Waals surface area contributed by atoms with Crippen molar-refractivity contribution in [3.05, 3.63) is 17.3 Å². The summed E-state index contributed by atoms with van der Waals surface area (Å²) < 4.78 is 0. The van der Waals surface area contributed by atoms with Crippen LogP contribution in [0.15, 0.2) is 12.1 Å². The molecule has 1 rings (SSSR count). The zero-order valence-electron chi connectivity index (χ0n) is 7.75. The highest BCUT2D eigenvalue weighted by Gasteiger charge is 1.98. The number of nitrogens with zero attached hydrogens (tertiary/aromatic N) is 2. The van der Waals surface area contributed by atoms with E-state index in [9.17, 15) is 4.79 Å². The van der Waals surface area contributed by atoms with Crippen molar-refractivity contribution in [1.29, 1.82) is 0 Å². The molecule has 2 N–H and O–H groups in total. The molecule has 0 aromatic carbocycles. The standard InChI is InChI=1S/C8H11ClN4O/c1-10-8(14)4-5-11-7-3-2-6(9)12-13-7/h2-3H,4-5H2,1H3,(H,10,14)(H,11,13). The van der Waals surface area contributed by atoms with Crippen LogP contribution < -0.4 is 10.6 Å². The maximum Gasteiger partial charge on any atom is 0.221 e. The second-order valence-corrected chi connectivity index (χ2v) is 2.98. The molecule has 0 radical (unpaired) electrons. The van der Waals surface area contributed by atoms with Gasteiger partial charge in [0.2, 0.25) is 5.91 Å². The van der Waals surface area contributed by atoms with E-state index in [0.717, 1.165) is 0 Å². The van der Waals surface area contributed by atoms with Gasteiger partial charge < -0.3 is 10.6 Å². The van der Waals surface area contributed by atoms with Crippen molar-refractivity contribution in [1.82, 2.24) is 15.5 Å². The molecule has 76 valence electrons. The van der Waals surface area contributed by atoms with Crippen LogP contribution in [0.1, 0.15) is 6.42 Å². The van der Waals surface area contributed by atoms with Gasteiger partial charge in [-0.05, 0) is 12.1 Å². The van der Waals surface area contributed by atoms with E-state index in [4.69, 9.17) is 11.6 Å². The summed E-state index contributed by atoms with van der Waals surface area (Å²) in [6.45, 7) is 0.524. The average Bonchev–Trinajstić information content (AvgIpc) is 2.21. The monoisotopic (exact) mass is 214 g/mol. The Bertz CT molecular complexity index is 301. The second kappa shape index (κ2) is 5.39. The first kappa shape index (κ1) is 10.7. The van der Waals surface area contributed by atoms with Crippen LogP contribution in [0.4, 0.5) is 5.82 Å². The number of carbonyl (C=O) groups excluding carboxylic acids is 1. The fourth-order valence-corrected chi connectivity index (χ4v) is 0.940. The van der Waals surface area contributed by atoms with E-state index in [-0.39, 0.29) is 5.91 Å². The van der Waals surface area contributed by atoms with E-state index in [1.807, 2.05) is 0 Å². The molecule has 1 aromatic heterocycles. The van der Waals surface area contributed by atoms with Crippen molar-refractivity contribution < 1.29 is 4.79 Å². The molecular weight excluding hydrogens is 204 g/mol. The van der Waals surface area contributed by atoms with Gasteiger partial charge >= 0.3 is 0 Å². The Morgan fingerprint density at radius 3 is 2.86 bits per heavy atom. The first-order valence-corrected chi connectivity index (χ1v) is 4.54. The molecule has 0 saturated heterocycles. The van der Waals surface area contributed by atoms with E-state index in [2.05, 4.69) is 20.8 Å². The van der Waals surface area contributed by atoms with Crippen LogP contribution in [-0.4, -0.2) is 29.7 Å². The van der Waals surface area contributed by atoms with E-state index in [1.54, 1.807) is 19.2 Å². The molecule has 5 nitrogen and oxygen atoms in total. The quantitative estimate of drug-likeness (QED) is 0.774. The van der Waals surface area contributed by atoms with Crippen LogP contribution in [-0.2, 0) is 4.79 Å². The first-order valence-electron chi connectivity index (χ1n) is 4.16. The summed E-state index contributed by atoms with van der Waals surface area (Å²) in [6, 6.07) is 3.34. The van der Waals surface area contributed by atoms with E-state index >= 15 is 0 Å². The topological polar surface area (TPSA) is 66.9 Å². The maximum atomic E-state index is 10.8. The molecule has 0 aliphatic carbocycles. The van der Waals surface area contributed by atoms with Gasteiger partial charge in [0.05, 0.1) is 0 Å². The van der Waals surface area contributed by atoms with Crippen molar-refractivity contribution in [3.8, 4) is 0 Å². The molecular formula is C8H11ClN4O. The molecule has 1 amide bonds. The molecule has 0 bridgehead atoms. The fraction of sp³-hybridized carbons (Fsp3) is 0.375. The Morgan fingerprint density at radius 2 is 2.29 bits per heavy atom. The Morgan fingerprint density at radius 1 is 1.50 bits per heavy atom. The van der Waals surface area contributed by atoms with Crippen LogP contribution in [0.25, 0.3) is 0 Å². The van der Waals surface area contributed by atoms with Gasteiger partial charge in [-0.15, -0.1) is 10.2 Å². The highest BCUT2D eigenvalue weighted by molar-refractivity contribution is 6.29. The number of aromatic nitrogens is 2. The van der Waals surface area contributed by atoms with Gasteiger partial charge in [0.1, 0.15) is 5.82 Å². The number of anilines is 1. The number of hydrogen-bond donors (Lipinski definition) is 2. The van der Waals surface area contributed by atoms with Gasteiger partial charge in [-0.25, -0.2) is 0 Å². The summed E-state index contributed by atoms with van der Waals surface area (Å²) in [5.41, 5.74) is 0. The summed E-state index contributed by atoms with van der Waals surface area (Å²) >= 11 is 5.55. The minimum atomic E-state index is -0.0144. The number of halogens is 1. The molecule has 1 heterocycles. The number of hydrogen-bond acceptors (Lipinski definition) is 4. The smallest absolute Gasteiger partial charge is 0.221 e. The van der Waals surface area contributed by atoms with Gasteiger partial charge in [0.15, 0.2) is 5.15 Å². The largest absolute Gasteiger partial charge is 0.368 e. The van der Waals surface area contributed by atoms with Crippen LogP contribution in [0.2, 0.25) is 5.15 Å². The SMILES string of the molecule is CNC(=O)CCNc1ccc(Cl)nn1. The highest BCUT2D eigenvalue weighted by atomic mass is 35.5. The zero-order chi connectivity index (χ0) is 10.4. The third kappa shape index (κ3) is 3.57. The highest BCUT2D eigenvalue weighted by Crippen LogP contribution is 2.05. The predicted molar refractivity (Wildman–Crippen MR) is 54.2 cm³/mol. The molecule has 0 unspecified atom stereocenters. The van der Waals surface area contributed by atoms with Gasteiger partial charge in [0, 0.05) is 20.0 Å². The molecule has 0 spiro atoms. The summed E-state index contributed by atoms with van der Waals surface area (Å²) in [4.78, 5) is 10.8. The zero-order valence-corrected chi connectivity index (χ0v) is 8.51. The normalized spacial score (nSPS) is 9.57. The summed E-state index contributed by atoms with van der Waals surface area (Å²) in [6.07, 6.45) is 0.404. The van der Waals surface area contributed by atoms with Crippen molar-refractivity contribution in [2.24, 2.45) is 0 Å². The Kier molecular flexibility index (Phi) is 4.12. The molecule has 0 atom stereocenters. The Balaban J connectivity index is 2.31. The second-order valence-electron chi connectivity index (χ2n) is 2.59. The minimum Gasteiger partial charge on any atom is -0.368 e. The predicted octanol–water partition coefficient (Wildman–Crippen LogP) is 0.678. The number of carbonyl (C=O) groups is 1. The van der Waals surface area contributed by atoms with Crippen molar-refractivity contribution in [2.45, 2.75) is 6.42 Å². The van der Waals surface area contributed by atoms with Crippen LogP contribution >= 0.6 is 11.6 Å². The molecule has 0 aliphatic heterocycles. The lowest BCUT2D eigenvalue weighted by Crippen LogP contribution is -2.21. The number of nitrogens with one attached hydrogen (secondary N) is 2. The fourth-order valence-electron chi connectivity index (χ4n) is 0.839. The lowest BCUT2D eigenvalue weighted by atomic mass is 10.4. The maximum absolute atomic E-state index is 10.8. The first-order chi connectivity index (χ1) is 6.72. The number of rotatable bonds is 4. The molecule has 6 heteroatoms. The van der Waals surface area contributed by atoms with Gasteiger partial charge in [-0.2, -0.15) is 0 Å². The van der Waals surface area contributed by atoms with E-state index in [1.165, 1.54) is 0 Å². The lowest BCUT2D eigenvalue weighted by Gasteiger charge is -2.03. The molecule has 1 aromatic rings. The molecule has 0 fully saturated rings. The van der Waals surface area contributed by atoms with Crippen molar-refractivity contribution in [3.63, 3.8) is 0 Å². The minimum absolute atomic E-state index is 0.0144. The molecule has 0 aliphatic rings. The van der Waals surface area contributed by atoms with E-state index < -0.39 is 0 Å². The average molecular weight is 215 g/mol. The summed E-state index contributed by atoms with van der Waals surface area (Å²) in [5, 5.41) is 13.2. The molecule has 0 saturated carbocycles. The Hall–Kier alpha value is -1.36. The third-order valence-electron chi connectivity index (χ3n) is 1.57. The van der Waals surface area contributed by atoms with Crippen LogP contribution in [0.3, 0.4) is 0 Å². The third-order valence-corrected chi connectivity index (χ3v) is 1.77. The van der Waals surface area contributed by atoms with Crippen LogP contribution in [0.5, 0.6) is 0 Å².